The van der Waals surface area contributed by atoms with Gasteiger partial charge in [-0.25, -0.2) is 9.97 Å². The van der Waals surface area contributed by atoms with Gasteiger partial charge < -0.3 is 20.7 Å². The second-order valence-corrected chi connectivity index (χ2v) is 6.24. The Morgan fingerprint density at radius 1 is 1.33 bits per heavy atom. The minimum absolute atomic E-state index is 0. The van der Waals surface area contributed by atoms with Crippen molar-refractivity contribution < 1.29 is 4.74 Å². The van der Waals surface area contributed by atoms with Crippen LogP contribution in [0, 0.1) is 5.92 Å². The summed E-state index contributed by atoms with van der Waals surface area (Å²) in [6.07, 6.45) is 8.42. The summed E-state index contributed by atoms with van der Waals surface area (Å²) in [7, 11) is 0. The van der Waals surface area contributed by atoms with E-state index in [0.29, 0.717) is 11.9 Å². The number of aromatic nitrogens is 2. The van der Waals surface area contributed by atoms with Crippen molar-refractivity contribution in [3.63, 3.8) is 0 Å². The number of nitrogens with two attached hydrogens (primary N) is 1. The molecule has 2 unspecified atom stereocenters. The standard InChI is InChI=1S/C16H26N6O.HI/c17-15(21-11-14-5-2-9-23-14)20-10-13-4-1-8-22(12-13)16-18-6-3-7-19-16;/h3,6-7,13-14H,1-2,4-5,8-12H2,(H3,17,20,21);1H. The van der Waals surface area contributed by atoms with Gasteiger partial charge in [0.2, 0.25) is 5.95 Å². The van der Waals surface area contributed by atoms with E-state index in [4.69, 9.17) is 10.5 Å². The van der Waals surface area contributed by atoms with Crippen LogP contribution in [0.15, 0.2) is 23.5 Å². The molecule has 1 aromatic rings. The number of aliphatic imine (C=N–C) groups is 1. The van der Waals surface area contributed by atoms with Crippen LogP contribution in [0.1, 0.15) is 25.7 Å². The number of hydrogen-bond donors (Lipinski definition) is 2. The molecular formula is C16H27IN6O. The third kappa shape index (κ3) is 5.73. The Morgan fingerprint density at radius 2 is 2.17 bits per heavy atom. The van der Waals surface area contributed by atoms with Gasteiger partial charge in [-0.15, -0.1) is 24.0 Å². The van der Waals surface area contributed by atoms with Crippen LogP contribution in [-0.2, 0) is 4.74 Å². The zero-order chi connectivity index (χ0) is 15.9. The molecule has 0 aliphatic carbocycles. The number of guanidine groups is 1. The molecule has 8 heteroatoms. The van der Waals surface area contributed by atoms with Crippen LogP contribution >= 0.6 is 24.0 Å². The summed E-state index contributed by atoms with van der Waals surface area (Å²) in [5.74, 6) is 1.83. The number of nitrogens with one attached hydrogen (secondary N) is 1. The zero-order valence-electron chi connectivity index (χ0n) is 13.9. The Labute approximate surface area is 160 Å². The van der Waals surface area contributed by atoms with Crippen molar-refractivity contribution in [2.24, 2.45) is 16.6 Å². The van der Waals surface area contributed by atoms with Crippen molar-refractivity contribution in [1.29, 1.82) is 0 Å². The largest absolute Gasteiger partial charge is 0.376 e. The summed E-state index contributed by atoms with van der Waals surface area (Å²) in [6.45, 7) is 4.31. The first-order valence-electron chi connectivity index (χ1n) is 8.48. The summed E-state index contributed by atoms with van der Waals surface area (Å²) in [5.41, 5.74) is 5.96. The first-order chi connectivity index (χ1) is 11.3. The van der Waals surface area contributed by atoms with E-state index in [9.17, 15) is 0 Å². The molecular weight excluding hydrogens is 419 g/mol. The molecule has 0 bridgehead atoms. The number of piperidine rings is 1. The summed E-state index contributed by atoms with van der Waals surface area (Å²) >= 11 is 0. The highest BCUT2D eigenvalue weighted by Crippen LogP contribution is 2.20. The molecule has 1 aromatic heterocycles. The van der Waals surface area contributed by atoms with Gasteiger partial charge in [-0.05, 0) is 37.7 Å². The van der Waals surface area contributed by atoms with Gasteiger partial charge in [-0.2, -0.15) is 0 Å². The van der Waals surface area contributed by atoms with E-state index < -0.39 is 0 Å². The quantitative estimate of drug-likeness (QED) is 0.404. The number of hydrogen-bond acceptors (Lipinski definition) is 5. The second kappa shape index (κ2) is 9.97. The zero-order valence-corrected chi connectivity index (χ0v) is 16.3. The lowest BCUT2D eigenvalue weighted by molar-refractivity contribution is 0.114. The van der Waals surface area contributed by atoms with Crippen LogP contribution in [-0.4, -0.2) is 54.8 Å². The van der Waals surface area contributed by atoms with Crippen LogP contribution in [0.4, 0.5) is 5.95 Å². The number of ether oxygens (including phenoxy) is 1. The molecule has 0 spiro atoms. The Hall–Kier alpha value is -1.16. The van der Waals surface area contributed by atoms with Gasteiger partial charge >= 0.3 is 0 Å². The van der Waals surface area contributed by atoms with Crippen LogP contribution in [0.2, 0.25) is 0 Å². The van der Waals surface area contributed by atoms with Gasteiger partial charge in [0.1, 0.15) is 0 Å². The van der Waals surface area contributed by atoms with Crippen LogP contribution < -0.4 is 16.0 Å². The van der Waals surface area contributed by atoms with E-state index in [0.717, 1.165) is 58.0 Å². The fourth-order valence-corrected chi connectivity index (χ4v) is 3.16. The van der Waals surface area contributed by atoms with Gasteiger partial charge in [0.25, 0.3) is 0 Å². The molecule has 3 rings (SSSR count). The van der Waals surface area contributed by atoms with Gasteiger partial charge in [-0.1, -0.05) is 0 Å². The summed E-state index contributed by atoms with van der Waals surface area (Å²) in [5, 5.41) is 3.17. The van der Waals surface area contributed by atoms with Crippen molar-refractivity contribution in [3.8, 4) is 0 Å². The molecule has 2 atom stereocenters. The smallest absolute Gasteiger partial charge is 0.225 e. The van der Waals surface area contributed by atoms with E-state index in [1.54, 1.807) is 12.4 Å². The molecule has 134 valence electrons. The summed E-state index contributed by atoms with van der Waals surface area (Å²) in [6, 6.07) is 1.84. The number of nitrogens with zero attached hydrogens (tertiary/aromatic N) is 4. The average molecular weight is 446 g/mol. The third-order valence-electron chi connectivity index (χ3n) is 4.41. The summed E-state index contributed by atoms with van der Waals surface area (Å²) in [4.78, 5) is 15.4. The first-order valence-corrected chi connectivity index (χ1v) is 8.48. The predicted molar refractivity (Wildman–Crippen MR) is 106 cm³/mol. The topological polar surface area (TPSA) is 88.7 Å². The molecule has 3 heterocycles. The lowest BCUT2D eigenvalue weighted by atomic mass is 9.98. The predicted octanol–water partition coefficient (Wildman–Crippen LogP) is 1.39. The van der Waals surface area contributed by atoms with Gasteiger partial charge in [0, 0.05) is 45.2 Å². The molecule has 24 heavy (non-hydrogen) atoms. The lowest BCUT2D eigenvalue weighted by Gasteiger charge is -2.31. The maximum Gasteiger partial charge on any atom is 0.225 e. The lowest BCUT2D eigenvalue weighted by Crippen LogP contribution is -2.40. The van der Waals surface area contributed by atoms with Crippen LogP contribution in [0.25, 0.3) is 0 Å². The van der Waals surface area contributed by atoms with E-state index in [2.05, 4.69) is 25.2 Å². The SMILES string of the molecule is I.NC(=NCC1CCCN(c2ncccn2)C1)NCC1CCCO1. The van der Waals surface area contributed by atoms with E-state index in [-0.39, 0.29) is 30.1 Å². The fourth-order valence-electron chi connectivity index (χ4n) is 3.16. The molecule has 2 fully saturated rings. The van der Waals surface area contributed by atoms with E-state index in [1.165, 1.54) is 6.42 Å². The Balaban J connectivity index is 0.00000208. The van der Waals surface area contributed by atoms with Gasteiger partial charge in [0.05, 0.1) is 6.10 Å². The third-order valence-corrected chi connectivity index (χ3v) is 4.41. The van der Waals surface area contributed by atoms with Crippen LogP contribution in [0.5, 0.6) is 0 Å². The molecule has 3 N–H and O–H groups in total. The Morgan fingerprint density at radius 3 is 2.92 bits per heavy atom. The second-order valence-electron chi connectivity index (χ2n) is 6.24. The van der Waals surface area contributed by atoms with Crippen molar-refractivity contribution >= 4 is 35.9 Å². The fraction of sp³-hybridized carbons (Fsp3) is 0.688. The molecule has 2 aliphatic heterocycles. The van der Waals surface area contributed by atoms with Crippen molar-refractivity contribution in [2.45, 2.75) is 31.8 Å². The minimum Gasteiger partial charge on any atom is -0.376 e. The summed E-state index contributed by atoms with van der Waals surface area (Å²) < 4.78 is 5.57. The first kappa shape index (κ1) is 19.2. The Kier molecular flexibility index (Phi) is 7.97. The number of anilines is 1. The monoisotopic (exact) mass is 446 g/mol. The highest BCUT2D eigenvalue weighted by atomic mass is 127. The number of halogens is 1. The maximum absolute atomic E-state index is 5.96. The van der Waals surface area contributed by atoms with Crippen molar-refractivity contribution in [2.75, 3.05) is 37.7 Å². The molecule has 0 amide bonds. The molecule has 0 radical (unpaired) electrons. The molecule has 2 aliphatic rings. The van der Waals surface area contributed by atoms with Crippen molar-refractivity contribution in [3.05, 3.63) is 18.5 Å². The molecule has 0 saturated carbocycles. The highest BCUT2D eigenvalue weighted by Gasteiger charge is 2.21. The normalized spacial score (nSPS) is 24.5. The average Bonchev–Trinajstić information content (AvgIpc) is 3.13. The Bertz CT molecular complexity index is 509. The maximum atomic E-state index is 5.96. The number of rotatable bonds is 5. The van der Waals surface area contributed by atoms with Crippen molar-refractivity contribution in [1.82, 2.24) is 15.3 Å². The van der Waals surface area contributed by atoms with E-state index >= 15 is 0 Å². The minimum atomic E-state index is 0. The highest BCUT2D eigenvalue weighted by molar-refractivity contribution is 14.0. The molecule has 7 nitrogen and oxygen atoms in total. The molecule has 0 aromatic carbocycles. The van der Waals surface area contributed by atoms with Crippen LogP contribution in [0.3, 0.4) is 0 Å². The van der Waals surface area contributed by atoms with Gasteiger partial charge in [0.15, 0.2) is 5.96 Å². The van der Waals surface area contributed by atoms with Gasteiger partial charge in [-0.3, -0.25) is 4.99 Å². The molecule has 2 saturated heterocycles. The van der Waals surface area contributed by atoms with E-state index in [1.807, 2.05) is 6.07 Å².